The summed E-state index contributed by atoms with van der Waals surface area (Å²) >= 11 is 0. The van der Waals surface area contributed by atoms with Gasteiger partial charge in [0.2, 0.25) is 5.91 Å². The summed E-state index contributed by atoms with van der Waals surface area (Å²) in [6, 6.07) is 5.44. The molecule has 1 aromatic rings. The SMILES string of the molecule is CCCCCCCCCCCCCC(=O)N[C@H](CN(C)C(C)C)[C@H](O)c1ccc2c(c1)OCCO2. The number of amides is 1. The van der Waals surface area contributed by atoms with Crippen LogP contribution in [0.4, 0.5) is 0 Å². The lowest BCUT2D eigenvalue weighted by atomic mass is 10.00. The third-order valence-electron chi connectivity index (χ3n) is 7.01. The zero-order valence-electron chi connectivity index (χ0n) is 22.7. The average Bonchev–Trinajstić information content (AvgIpc) is 2.86. The Morgan fingerprint density at radius 3 is 2.11 bits per heavy atom. The molecule has 35 heavy (non-hydrogen) atoms. The minimum absolute atomic E-state index is 0.0136. The number of nitrogens with one attached hydrogen (secondary N) is 1. The standard InChI is InChI=1S/C29H50N2O4/c1-5-6-7-8-9-10-11-12-13-14-15-16-28(32)30-25(22-31(4)23(2)3)29(33)24-17-18-26-27(21-24)35-20-19-34-26/h17-18,21,23,25,29,33H,5-16,19-20,22H2,1-4H3,(H,30,32)/t25-,29-/m1/s1. The van der Waals surface area contributed by atoms with Crippen LogP contribution in [-0.2, 0) is 4.79 Å². The molecule has 0 bridgehead atoms. The first-order valence-corrected chi connectivity index (χ1v) is 14.0. The van der Waals surface area contributed by atoms with Crippen LogP contribution < -0.4 is 14.8 Å². The second kappa shape index (κ2) is 16.8. The summed E-state index contributed by atoms with van der Waals surface area (Å²) in [6.45, 7) is 8.08. The number of aliphatic hydroxyl groups is 1. The van der Waals surface area contributed by atoms with Gasteiger partial charge in [0.1, 0.15) is 19.3 Å². The van der Waals surface area contributed by atoms with E-state index >= 15 is 0 Å². The number of carbonyl (C=O) groups is 1. The van der Waals surface area contributed by atoms with E-state index in [1.54, 1.807) is 0 Å². The van der Waals surface area contributed by atoms with Gasteiger partial charge in [-0.1, -0.05) is 77.2 Å². The number of carbonyl (C=O) groups excluding carboxylic acids is 1. The summed E-state index contributed by atoms with van der Waals surface area (Å²) in [5.41, 5.74) is 0.728. The average molecular weight is 491 g/mol. The van der Waals surface area contributed by atoms with E-state index in [1.807, 2.05) is 25.2 Å². The van der Waals surface area contributed by atoms with Gasteiger partial charge in [0, 0.05) is 19.0 Å². The molecule has 0 aromatic heterocycles. The maximum atomic E-state index is 12.7. The maximum absolute atomic E-state index is 12.7. The van der Waals surface area contributed by atoms with Crippen molar-refractivity contribution in [2.45, 2.75) is 116 Å². The number of unbranched alkanes of at least 4 members (excludes halogenated alkanes) is 10. The van der Waals surface area contributed by atoms with Crippen molar-refractivity contribution in [2.24, 2.45) is 0 Å². The lowest BCUT2D eigenvalue weighted by molar-refractivity contribution is -0.123. The van der Waals surface area contributed by atoms with Gasteiger partial charge in [-0.15, -0.1) is 0 Å². The van der Waals surface area contributed by atoms with Gasteiger partial charge < -0.3 is 24.8 Å². The lowest BCUT2D eigenvalue weighted by Gasteiger charge is -2.31. The van der Waals surface area contributed by atoms with E-state index in [0.717, 1.165) is 18.4 Å². The van der Waals surface area contributed by atoms with E-state index in [4.69, 9.17) is 9.47 Å². The van der Waals surface area contributed by atoms with Crippen molar-refractivity contribution in [2.75, 3.05) is 26.8 Å². The molecule has 2 N–H and O–H groups in total. The van der Waals surface area contributed by atoms with Gasteiger partial charge in [0.15, 0.2) is 11.5 Å². The Morgan fingerprint density at radius 2 is 1.51 bits per heavy atom. The minimum Gasteiger partial charge on any atom is -0.486 e. The van der Waals surface area contributed by atoms with Crippen molar-refractivity contribution in [1.82, 2.24) is 10.2 Å². The molecule has 6 heteroatoms. The van der Waals surface area contributed by atoms with E-state index in [1.165, 1.54) is 57.8 Å². The summed E-state index contributed by atoms with van der Waals surface area (Å²) in [5, 5.41) is 14.3. The normalized spacial score (nSPS) is 14.8. The predicted octanol–water partition coefficient (Wildman–Crippen LogP) is 6.02. The summed E-state index contributed by atoms with van der Waals surface area (Å²) in [4.78, 5) is 14.9. The summed E-state index contributed by atoms with van der Waals surface area (Å²) in [7, 11) is 2.02. The van der Waals surface area contributed by atoms with Crippen LogP contribution in [0.25, 0.3) is 0 Å². The highest BCUT2D eigenvalue weighted by Crippen LogP contribution is 2.33. The number of aliphatic hydroxyl groups excluding tert-OH is 1. The molecule has 6 nitrogen and oxygen atoms in total. The number of hydrogen-bond acceptors (Lipinski definition) is 5. The van der Waals surface area contributed by atoms with E-state index in [-0.39, 0.29) is 5.91 Å². The predicted molar refractivity (Wildman–Crippen MR) is 143 cm³/mol. The molecule has 1 heterocycles. The Kier molecular flexibility index (Phi) is 14.1. The maximum Gasteiger partial charge on any atom is 0.220 e. The second-order valence-corrected chi connectivity index (χ2v) is 10.3. The van der Waals surface area contributed by atoms with Crippen molar-refractivity contribution < 1.29 is 19.4 Å². The van der Waals surface area contributed by atoms with Crippen molar-refractivity contribution in [3.63, 3.8) is 0 Å². The fraction of sp³-hybridized carbons (Fsp3) is 0.759. The van der Waals surface area contributed by atoms with Gasteiger partial charge in [-0.25, -0.2) is 0 Å². The van der Waals surface area contributed by atoms with Gasteiger partial charge in [0.25, 0.3) is 0 Å². The lowest BCUT2D eigenvalue weighted by Crippen LogP contribution is -2.47. The van der Waals surface area contributed by atoms with Crippen LogP contribution in [0, 0.1) is 0 Å². The number of ether oxygens (including phenoxy) is 2. The Labute approximate surface area is 213 Å². The largest absolute Gasteiger partial charge is 0.486 e. The Bertz CT molecular complexity index is 725. The van der Waals surface area contributed by atoms with Crippen molar-refractivity contribution in [1.29, 1.82) is 0 Å². The molecule has 0 fully saturated rings. The third kappa shape index (κ3) is 11.2. The Hall–Kier alpha value is -1.79. The topological polar surface area (TPSA) is 71.0 Å². The molecule has 2 rings (SSSR count). The zero-order chi connectivity index (χ0) is 25.5. The molecule has 1 aromatic carbocycles. The molecule has 1 aliphatic heterocycles. The van der Waals surface area contributed by atoms with Crippen molar-refractivity contribution in [3.05, 3.63) is 23.8 Å². The van der Waals surface area contributed by atoms with Crippen LogP contribution in [0.5, 0.6) is 11.5 Å². The first-order valence-electron chi connectivity index (χ1n) is 14.0. The fourth-order valence-electron chi connectivity index (χ4n) is 4.45. The summed E-state index contributed by atoms with van der Waals surface area (Å²) in [5.74, 6) is 1.36. The first kappa shape index (κ1) is 29.4. The van der Waals surface area contributed by atoms with E-state index in [0.29, 0.717) is 43.7 Å². The molecule has 0 unspecified atom stereocenters. The van der Waals surface area contributed by atoms with Gasteiger partial charge >= 0.3 is 0 Å². The monoisotopic (exact) mass is 490 g/mol. The first-order chi connectivity index (χ1) is 16.9. The van der Waals surface area contributed by atoms with Gasteiger partial charge in [0.05, 0.1) is 6.04 Å². The highest BCUT2D eigenvalue weighted by atomic mass is 16.6. The summed E-state index contributed by atoms with van der Waals surface area (Å²) < 4.78 is 11.3. The fourth-order valence-corrected chi connectivity index (χ4v) is 4.45. The third-order valence-corrected chi connectivity index (χ3v) is 7.01. The van der Waals surface area contributed by atoms with E-state index < -0.39 is 12.1 Å². The molecule has 1 amide bonds. The Balaban J connectivity index is 1.77. The number of fused-ring (bicyclic) bond motifs is 1. The van der Waals surface area contributed by atoms with E-state index in [9.17, 15) is 9.90 Å². The smallest absolute Gasteiger partial charge is 0.220 e. The number of nitrogens with zero attached hydrogens (tertiary/aromatic N) is 1. The van der Waals surface area contributed by atoms with Crippen LogP contribution in [0.15, 0.2) is 18.2 Å². The molecule has 0 radical (unpaired) electrons. The van der Waals surface area contributed by atoms with Crippen LogP contribution in [-0.4, -0.2) is 54.8 Å². The minimum atomic E-state index is -0.826. The molecular formula is C29H50N2O4. The van der Waals surface area contributed by atoms with E-state index in [2.05, 4.69) is 31.0 Å². The molecule has 1 aliphatic rings. The number of likely N-dealkylation sites (N-methyl/N-ethyl adjacent to an activating group) is 1. The summed E-state index contributed by atoms with van der Waals surface area (Å²) in [6.07, 6.45) is 13.6. The Morgan fingerprint density at radius 1 is 0.943 bits per heavy atom. The highest BCUT2D eigenvalue weighted by molar-refractivity contribution is 5.76. The molecule has 0 spiro atoms. The number of rotatable bonds is 18. The molecule has 2 atom stereocenters. The quantitative estimate of drug-likeness (QED) is 0.246. The second-order valence-electron chi connectivity index (χ2n) is 10.3. The van der Waals surface area contributed by atoms with Crippen molar-refractivity contribution >= 4 is 5.91 Å². The van der Waals surface area contributed by atoms with Gasteiger partial charge in [-0.05, 0) is 45.0 Å². The van der Waals surface area contributed by atoms with Gasteiger partial charge in [-0.2, -0.15) is 0 Å². The molecule has 0 aliphatic carbocycles. The zero-order valence-corrected chi connectivity index (χ0v) is 22.7. The van der Waals surface area contributed by atoms with Crippen molar-refractivity contribution in [3.8, 4) is 11.5 Å². The van der Waals surface area contributed by atoms with Crippen LogP contribution in [0.2, 0.25) is 0 Å². The van der Waals surface area contributed by atoms with Crippen LogP contribution in [0.3, 0.4) is 0 Å². The molecular weight excluding hydrogens is 440 g/mol. The van der Waals surface area contributed by atoms with Crippen LogP contribution >= 0.6 is 0 Å². The van der Waals surface area contributed by atoms with Crippen LogP contribution in [0.1, 0.15) is 109 Å². The number of hydrogen-bond donors (Lipinski definition) is 2. The van der Waals surface area contributed by atoms with Gasteiger partial charge in [-0.3, -0.25) is 4.79 Å². The molecule has 0 saturated carbocycles. The number of benzene rings is 1. The highest BCUT2D eigenvalue weighted by Gasteiger charge is 2.26. The molecule has 0 saturated heterocycles. The molecule has 200 valence electrons.